The van der Waals surface area contributed by atoms with Crippen molar-refractivity contribution in [3.05, 3.63) is 63.3 Å². The van der Waals surface area contributed by atoms with Gasteiger partial charge in [0.25, 0.3) is 0 Å². The van der Waals surface area contributed by atoms with Gasteiger partial charge in [0.15, 0.2) is 0 Å². The third-order valence-corrected chi connectivity index (χ3v) is 6.21. The summed E-state index contributed by atoms with van der Waals surface area (Å²) >= 11 is 9.22. The minimum Gasteiger partial charge on any atom is -0.207 e. The molecule has 0 atom stereocenters. The van der Waals surface area contributed by atoms with Crippen molar-refractivity contribution >= 4 is 37.6 Å². The van der Waals surface area contributed by atoms with Gasteiger partial charge in [-0.15, -0.1) is 0 Å². The van der Waals surface area contributed by atoms with E-state index in [1.54, 1.807) is 0 Å². The molecule has 0 unspecified atom stereocenters. The van der Waals surface area contributed by atoms with Crippen LogP contribution in [0.1, 0.15) is 18.4 Å². The molecule has 3 nitrogen and oxygen atoms in total. The van der Waals surface area contributed by atoms with Crippen LogP contribution in [0.5, 0.6) is 0 Å². The number of sulfonamides is 1. The minimum absolute atomic E-state index is 0.112. The predicted molar refractivity (Wildman–Crippen MR) is 86.8 cm³/mol. The van der Waals surface area contributed by atoms with Crippen LogP contribution in [-0.4, -0.2) is 8.42 Å². The van der Waals surface area contributed by atoms with Crippen molar-refractivity contribution in [3.8, 4) is 0 Å². The Bertz CT molecular complexity index is 820. The van der Waals surface area contributed by atoms with Crippen molar-refractivity contribution in [3.63, 3.8) is 0 Å². The topological polar surface area (TPSA) is 46.2 Å². The molecule has 1 N–H and O–H groups in total. The fraction of sp³-hybridized carbons (Fsp3) is 0.200. The monoisotopic (exact) mass is 403 g/mol. The molecule has 2 aromatic rings. The SMILES string of the molecule is O=S(=O)(NC1(c2ccc(Br)cc2)CC1)c1ccc(F)cc1Cl. The molecule has 3 rings (SSSR count). The van der Waals surface area contributed by atoms with Gasteiger partial charge in [0.2, 0.25) is 10.0 Å². The van der Waals surface area contributed by atoms with Crippen LogP contribution >= 0.6 is 27.5 Å². The van der Waals surface area contributed by atoms with Gasteiger partial charge in [0.05, 0.1) is 10.6 Å². The van der Waals surface area contributed by atoms with Crippen LogP contribution in [0.25, 0.3) is 0 Å². The molecule has 1 saturated carbocycles. The molecule has 0 bridgehead atoms. The molecule has 0 heterocycles. The van der Waals surface area contributed by atoms with E-state index in [0.29, 0.717) is 12.8 Å². The normalized spacial score (nSPS) is 16.5. The Morgan fingerprint density at radius 2 is 1.77 bits per heavy atom. The van der Waals surface area contributed by atoms with Gasteiger partial charge >= 0.3 is 0 Å². The lowest BCUT2D eigenvalue weighted by atomic mass is 10.1. The zero-order valence-corrected chi connectivity index (χ0v) is 14.5. The van der Waals surface area contributed by atoms with Crippen molar-refractivity contribution in [2.45, 2.75) is 23.3 Å². The summed E-state index contributed by atoms with van der Waals surface area (Å²) in [6, 6.07) is 10.8. The molecule has 22 heavy (non-hydrogen) atoms. The van der Waals surface area contributed by atoms with Gasteiger partial charge in [-0.25, -0.2) is 17.5 Å². The Morgan fingerprint density at radius 3 is 2.32 bits per heavy atom. The largest absolute Gasteiger partial charge is 0.242 e. The van der Waals surface area contributed by atoms with Crippen LogP contribution < -0.4 is 4.72 Å². The molecule has 2 aromatic carbocycles. The highest BCUT2D eigenvalue weighted by atomic mass is 79.9. The molecule has 1 aliphatic carbocycles. The van der Waals surface area contributed by atoms with Crippen molar-refractivity contribution < 1.29 is 12.8 Å². The van der Waals surface area contributed by atoms with Crippen LogP contribution in [-0.2, 0) is 15.6 Å². The van der Waals surface area contributed by atoms with Gasteiger partial charge in [0, 0.05) is 4.47 Å². The van der Waals surface area contributed by atoms with Gasteiger partial charge in [-0.2, -0.15) is 0 Å². The molecule has 0 saturated heterocycles. The molecule has 1 aliphatic rings. The summed E-state index contributed by atoms with van der Waals surface area (Å²) in [4.78, 5) is -0.112. The molecule has 0 aliphatic heterocycles. The average molecular weight is 405 g/mol. The molecular weight excluding hydrogens is 393 g/mol. The second-order valence-corrected chi connectivity index (χ2v) is 8.24. The summed E-state index contributed by atoms with van der Waals surface area (Å²) in [5.41, 5.74) is 0.301. The lowest BCUT2D eigenvalue weighted by Crippen LogP contribution is -2.35. The zero-order valence-electron chi connectivity index (χ0n) is 11.3. The Hall–Kier alpha value is -0.950. The molecule has 0 amide bonds. The van der Waals surface area contributed by atoms with Gasteiger partial charge in [-0.3, -0.25) is 0 Å². The number of hydrogen-bond donors (Lipinski definition) is 1. The lowest BCUT2D eigenvalue weighted by molar-refractivity contribution is 0.551. The zero-order chi connectivity index (χ0) is 16.0. The van der Waals surface area contributed by atoms with Gasteiger partial charge in [-0.1, -0.05) is 39.7 Å². The molecular formula is C15H12BrClFNO2S. The van der Waals surface area contributed by atoms with Crippen LogP contribution in [0.2, 0.25) is 5.02 Å². The van der Waals surface area contributed by atoms with Crippen molar-refractivity contribution in [2.75, 3.05) is 0 Å². The first kappa shape index (κ1) is 15.9. The maximum absolute atomic E-state index is 13.1. The van der Waals surface area contributed by atoms with Gasteiger partial charge in [-0.05, 0) is 48.7 Å². The smallest absolute Gasteiger partial charge is 0.207 e. The fourth-order valence-electron chi connectivity index (χ4n) is 2.35. The second kappa shape index (κ2) is 5.60. The minimum atomic E-state index is -3.82. The Morgan fingerprint density at radius 1 is 1.14 bits per heavy atom. The molecule has 116 valence electrons. The highest BCUT2D eigenvalue weighted by Gasteiger charge is 2.47. The van der Waals surface area contributed by atoms with E-state index < -0.39 is 21.4 Å². The van der Waals surface area contributed by atoms with Crippen LogP contribution in [0, 0.1) is 5.82 Å². The first-order valence-corrected chi connectivity index (χ1v) is 9.23. The van der Waals surface area contributed by atoms with Crippen LogP contribution in [0.15, 0.2) is 51.8 Å². The van der Waals surface area contributed by atoms with Crippen LogP contribution in [0.4, 0.5) is 4.39 Å². The van der Waals surface area contributed by atoms with E-state index in [4.69, 9.17) is 11.6 Å². The van der Waals surface area contributed by atoms with E-state index in [1.807, 2.05) is 24.3 Å². The van der Waals surface area contributed by atoms with E-state index in [9.17, 15) is 12.8 Å². The van der Waals surface area contributed by atoms with E-state index in [2.05, 4.69) is 20.7 Å². The Balaban J connectivity index is 1.93. The molecule has 1 fully saturated rings. The van der Waals surface area contributed by atoms with E-state index in [0.717, 1.165) is 22.2 Å². The van der Waals surface area contributed by atoms with Gasteiger partial charge < -0.3 is 0 Å². The Labute approximate surface area is 141 Å². The third-order valence-electron chi connectivity index (χ3n) is 3.66. The first-order chi connectivity index (χ1) is 10.3. The number of rotatable bonds is 4. The third kappa shape index (κ3) is 3.06. The fourth-order valence-corrected chi connectivity index (χ4v) is 4.59. The lowest BCUT2D eigenvalue weighted by Gasteiger charge is -2.18. The summed E-state index contributed by atoms with van der Waals surface area (Å²) in [6.45, 7) is 0. The Kier molecular flexibility index (Phi) is 4.05. The standard InChI is InChI=1S/C15H12BrClFNO2S/c16-11-3-1-10(2-4-11)15(7-8-15)19-22(20,21)14-6-5-12(18)9-13(14)17/h1-6,9,19H,7-8H2. The quantitative estimate of drug-likeness (QED) is 0.830. The molecule has 0 spiro atoms. The maximum atomic E-state index is 13.1. The first-order valence-electron chi connectivity index (χ1n) is 6.58. The van der Waals surface area contributed by atoms with Crippen molar-refractivity contribution in [1.82, 2.24) is 4.72 Å². The second-order valence-electron chi connectivity index (χ2n) is 5.27. The highest BCUT2D eigenvalue weighted by molar-refractivity contribution is 9.10. The summed E-state index contributed by atoms with van der Waals surface area (Å²) < 4.78 is 41.8. The van der Waals surface area contributed by atoms with Crippen molar-refractivity contribution in [2.24, 2.45) is 0 Å². The van der Waals surface area contributed by atoms with E-state index >= 15 is 0 Å². The van der Waals surface area contributed by atoms with Gasteiger partial charge in [0.1, 0.15) is 10.7 Å². The number of hydrogen-bond acceptors (Lipinski definition) is 2. The van der Waals surface area contributed by atoms with E-state index in [1.165, 1.54) is 6.07 Å². The van der Waals surface area contributed by atoms with Crippen LogP contribution in [0.3, 0.4) is 0 Å². The number of nitrogens with one attached hydrogen (secondary N) is 1. The predicted octanol–water partition coefficient (Wildman–Crippen LogP) is 4.21. The number of halogens is 3. The molecule has 7 heteroatoms. The van der Waals surface area contributed by atoms with Crippen molar-refractivity contribution in [1.29, 1.82) is 0 Å². The van der Waals surface area contributed by atoms with E-state index in [-0.39, 0.29) is 9.92 Å². The highest BCUT2D eigenvalue weighted by Crippen LogP contribution is 2.47. The number of benzene rings is 2. The average Bonchev–Trinajstić information content (AvgIpc) is 3.19. The summed E-state index contributed by atoms with van der Waals surface area (Å²) in [7, 11) is -3.82. The summed E-state index contributed by atoms with van der Waals surface area (Å²) in [5, 5.41) is -0.126. The summed E-state index contributed by atoms with van der Waals surface area (Å²) in [6.07, 6.45) is 1.43. The maximum Gasteiger partial charge on any atom is 0.242 e. The molecule has 0 aromatic heterocycles. The summed E-state index contributed by atoms with van der Waals surface area (Å²) in [5.74, 6) is -0.571. The molecule has 0 radical (unpaired) electrons.